The number of esters is 1. The van der Waals surface area contributed by atoms with Crippen molar-refractivity contribution in [3.8, 4) is 11.1 Å². The lowest BCUT2D eigenvalue weighted by atomic mass is 9.91. The van der Waals surface area contributed by atoms with E-state index in [-0.39, 0.29) is 18.5 Å². The van der Waals surface area contributed by atoms with Crippen molar-refractivity contribution in [3.63, 3.8) is 0 Å². The van der Waals surface area contributed by atoms with Crippen LogP contribution in [-0.2, 0) is 21.4 Å². The van der Waals surface area contributed by atoms with Crippen LogP contribution < -0.4 is 11.1 Å². The molecule has 34 heavy (non-hydrogen) atoms. The third-order valence-corrected chi connectivity index (χ3v) is 5.08. The maximum atomic E-state index is 15.1. The number of carbonyl (C=O) groups excluding carboxylic acids is 2. The molecule has 3 rings (SSSR count). The van der Waals surface area contributed by atoms with Crippen LogP contribution in [0.1, 0.15) is 49.9 Å². The van der Waals surface area contributed by atoms with E-state index in [9.17, 15) is 9.59 Å². The third kappa shape index (κ3) is 6.63. The fourth-order valence-electron chi connectivity index (χ4n) is 3.64. The molecule has 0 spiro atoms. The van der Waals surface area contributed by atoms with Crippen molar-refractivity contribution in [1.29, 1.82) is 0 Å². The summed E-state index contributed by atoms with van der Waals surface area (Å²) in [5.74, 6) is -0.705. The molecule has 1 heterocycles. The van der Waals surface area contributed by atoms with E-state index in [1.54, 1.807) is 23.7 Å². The number of aryl methyl sites for hydroxylation is 3. The van der Waals surface area contributed by atoms with Gasteiger partial charge in [-0.1, -0.05) is 26.8 Å². The summed E-state index contributed by atoms with van der Waals surface area (Å²) in [6.07, 6.45) is 1.70. The smallest absolute Gasteiger partial charge is 0.307 e. The van der Waals surface area contributed by atoms with Crippen molar-refractivity contribution in [2.45, 2.75) is 47.1 Å². The van der Waals surface area contributed by atoms with Gasteiger partial charge in [0.15, 0.2) is 0 Å². The lowest BCUT2D eigenvalue weighted by Gasteiger charge is -2.21. The topological polar surface area (TPSA) is 99.2 Å². The molecule has 0 aliphatic rings. The fraction of sp³-hybridized carbons (Fsp3) is 0.423. The number of ether oxygens (including phenoxy) is 1. The minimum absolute atomic E-state index is 0.206. The first kappa shape index (κ1) is 27.0. The molecule has 0 aliphatic carbocycles. The Labute approximate surface area is 200 Å². The third-order valence-electron chi connectivity index (χ3n) is 5.08. The number of hydrogen-bond donors (Lipinski definition) is 2. The lowest BCUT2D eigenvalue weighted by Crippen LogP contribution is -2.35. The highest BCUT2D eigenvalue weighted by Crippen LogP contribution is 2.35. The predicted molar refractivity (Wildman–Crippen MR) is 133 cm³/mol. The molecular formula is C26H35FN4O3. The zero-order chi connectivity index (χ0) is 25.6. The largest absolute Gasteiger partial charge is 0.469 e. The molecule has 2 aromatic carbocycles. The Hall–Kier alpha value is -3.26. The highest BCUT2D eigenvalue weighted by Gasteiger charge is 2.24. The van der Waals surface area contributed by atoms with Gasteiger partial charge in [-0.2, -0.15) is 5.10 Å². The summed E-state index contributed by atoms with van der Waals surface area (Å²) in [4.78, 5) is 23.8. The Balaban J connectivity index is 0.000000945. The number of aromatic nitrogens is 2. The first-order valence-corrected chi connectivity index (χ1v) is 11.3. The quantitative estimate of drug-likeness (QED) is 0.522. The van der Waals surface area contributed by atoms with Gasteiger partial charge in [-0.05, 0) is 60.2 Å². The van der Waals surface area contributed by atoms with Gasteiger partial charge < -0.3 is 15.8 Å². The van der Waals surface area contributed by atoms with E-state index in [1.807, 2.05) is 32.3 Å². The van der Waals surface area contributed by atoms with Crippen molar-refractivity contribution in [2.24, 2.45) is 18.7 Å². The van der Waals surface area contributed by atoms with Gasteiger partial charge in [-0.25, -0.2) is 4.39 Å². The Morgan fingerprint density at radius 2 is 1.82 bits per heavy atom. The average molecular weight is 471 g/mol. The number of carbonyl (C=O) groups is 2. The molecule has 0 radical (unpaired) electrons. The molecular weight excluding hydrogens is 435 g/mol. The van der Waals surface area contributed by atoms with E-state index in [2.05, 4.69) is 31.2 Å². The summed E-state index contributed by atoms with van der Waals surface area (Å²) in [5.41, 5.74) is 9.54. The second-order valence-electron chi connectivity index (χ2n) is 9.03. The fourth-order valence-corrected chi connectivity index (χ4v) is 3.64. The number of methoxy groups -OCH3 is 1. The van der Waals surface area contributed by atoms with Crippen molar-refractivity contribution in [1.82, 2.24) is 15.1 Å². The molecule has 0 saturated carbocycles. The van der Waals surface area contributed by atoms with Gasteiger partial charge in [0.05, 0.1) is 31.6 Å². The van der Waals surface area contributed by atoms with Gasteiger partial charge >= 0.3 is 5.97 Å². The van der Waals surface area contributed by atoms with Crippen molar-refractivity contribution < 1.29 is 18.7 Å². The average Bonchev–Trinajstić information content (AvgIpc) is 3.14. The minimum Gasteiger partial charge on any atom is -0.469 e. The summed E-state index contributed by atoms with van der Waals surface area (Å²) in [6.45, 7) is 9.86. The van der Waals surface area contributed by atoms with Crippen LogP contribution >= 0.6 is 0 Å². The second-order valence-corrected chi connectivity index (χ2v) is 9.03. The molecule has 184 valence electrons. The molecule has 0 fully saturated rings. The number of hydrogen-bond acceptors (Lipinski definition) is 5. The van der Waals surface area contributed by atoms with Crippen LogP contribution in [0.5, 0.6) is 0 Å². The van der Waals surface area contributed by atoms with Crippen molar-refractivity contribution in [3.05, 3.63) is 53.0 Å². The highest BCUT2D eigenvalue weighted by molar-refractivity contribution is 5.96. The van der Waals surface area contributed by atoms with Crippen LogP contribution in [0.3, 0.4) is 0 Å². The number of fused-ring (bicyclic) bond motifs is 1. The number of nitrogens with two attached hydrogens (primary N) is 1. The number of halogens is 1. The lowest BCUT2D eigenvalue weighted by molar-refractivity contribution is -0.141. The molecule has 0 saturated heterocycles. The molecule has 3 N–H and O–H groups in total. The summed E-state index contributed by atoms with van der Waals surface area (Å²) in [6, 6.07) is 6.42. The summed E-state index contributed by atoms with van der Waals surface area (Å²) < 4.78 is 21.6. The van der Waals surface area contributed by atoms with Gasteiger partial charge in [-0.3, -0.25) is 14.3 Å². The first-order valence-electron chi connectivity index (χ1n) is 11.3. The maximum Gasteiger partial charge on any atom is 0.307 e. The first-order chi connectivity index (χ1) is 16.0. The van der Waals surface area contributed by atoms with Gasteiger partial charge in [0.1, 0.15) is 5.82 Å². The molecule has 1 aromatic heterocycles. The molecule has 0 aliphatic heterocycles. The molecule has 7 nitrogen and oxygen atoms in total. The van der Waals surface area contributed by atoms with E-state index in [4.69, 9.17) is 10.5 Å². The summed E-state index contributed by atoms with van der Waals surface area (Å²) in [7, 11) is 3.09. The van der Waals surface area contributed by atoms with Crippen molar-refractivity contribution in [2.75, 3.05) is 13.7 Å². The number of nitrogens with zero attached hydrogens (tertiary/aromatic N) is 2. The number of benzene rings is 2. The normalized spacial score (nSPS) is 11.7. The minimum atomic E-state index is -0.902. The Bertz CT molecular complexity index is 1150. The van der Waals surface area contributed by atoms with Crippen LogP contribution in [0.15, 0.2) is 30.5 Å². The van der Waals surface area contributed by atoms with Crippen LogP contribution in [0.4, 0.5) is 4.39 Å². The zero-order valence-corrected chi connectivity index (χ0v) is 21.0. The summed E-state index contributed by atoms with van der Waals surface area (Å²) in [5, 5.41) is 8.01. The Morgan fingerprint density at radius 1 is 1.18 bits per heavy atom. The second kappa shape index (κ2) is 11.7. The molecule has 3 aromatic rings. The number of rotatable bonds is 6. The molecule has 0 bridgehead atoms. The van der Waals surface area contributed by atoms with E-state index in [0.29, 0.717) is 5.56 Å². The Kier molecular flexibility index (Phi) is 9.32. The molecule has 1 unspecified atom stereocenters. The van der Waals surface area contributed by atoms with Crippen LogP contribution in [0.25, 0.3) is 22.0 Å². The predicted octanol–water partition coefficient (Wildman–Crippen LogP) is 4.34. The summed E-state index contributed by atoms with van der Waals surface area (Å²) >= 11 is 0. The number of amides is 1. The van der Waals surface area contributed by atoms with E-state index in [0.717, 1.165) is 33.5 Å². The monoisotopic (exact) mass is 470 g/mol. The van der Waals surface area contributed by atoms with Crippen LogP contribution in [0.2, 0.25) is 0 Å². The van der Waals surface area contributed by atoms with Crippen LogP contribution in [0, 0.1) is 25.6 Å². The van der Waals surface area contributed by atoms with Crippen LogP contribution in [-0.4, -0.2) is 35.3 Å². The van der Waals surface area contributed by atoms with Gasteiger partial charge in [0.2, 0.25) is 5.91 Å². The number of nitrogens with one attached hydrogen (secondary N) is 1. The standard InChI is InChI=1S/C22H25FN4O3.C4H10/c1-12-5-6-17-16(11-27(3)26-17)21(12)14-7-13(2)22(23)15(8-14)18(9-20(29)30-4)25-19(28)10-24;1-4(2)3/h5-8,11,18H,9-10,24H2,1-4H3,(H,25,28);4H,1-3H3. The molecule has 1 amide bonds. The van der Waals surface area contributed by atoms with E-state index in [1.165, 1.54) is 7.11 Å². The molecule has 1 atom stereocenters. The van der Waals surface area contributed by atoms with Gasteiger partial charge in [0.25, 0.3) is 0 Å². The molecule has 8 heteroatoms. The van der Waals surface area contributed by atoms with E-state index >= 15 is 4.39 Å². The SMILES string of the molecule is CC(C)C.COC(=O)CC(NC(=O)CN)c1cc(-c2c(C)ccc3nn(C)cc23)cc(C)c1F. The zero-order valence-electron chi connectivity index (χ0n) is 21.0. The maximum absolute atomic E-state index is 15.1. The van der Waals surface area contributed by atoms with Crippen molar-refractivity contribution >= 4 is 22.8 Å². The van der Waals surface area contributed by atoms with Gasteiger partial charge in [0, 0.05) is 24.2 Å². The van der Waals surface area contributed by atoms with Gasteiger partial charge in [-0.15, -0.1) is 0 Å². The Morgan fingerprint density at radius 3 is 2.41 bits per heavy atom. The highest BCUT2D eigenvalue weighted by atomic mass is 19.1. The van der Waals surface area contributed by atoms with E-state index < -0.39 is 23.7 Å².